The van der Waals surface area contributed by atoms with E-state index >= 15 is 0 Å². The predicted octanol–water partition coefficient (Wildman–Crippen LogP) is 4.65. The summed E-state index contributed by atoms with van der Waals surface area (Å²) >= 11 is 0. The Hall–Kier alpha value is -4.43. The number of anilines is 2. The van der Waals surface area contributed by atoms with Crippen LogP contribution in [0.1, 0.15) is 5.69 Å². The molecule has 2 aromatic carbocycles. The second kappa shape index (κ2) is 9.91. The number of hydrogen-bond donors (Lipinski definition) is 2. The summed E-state index contributed by atoms with van der Waals surface area (Å²) in [5.41, 5.74) is 6.61. The molecule has 37 heavy (non-hydrogen) atoms. The van der Waals surface area contributed by atoms with Crippen molar-refractivity contribution in [2.75, 3.05) is 36.5 Å². The van der Waals surface area contributed by atoms with Crippen LogP contribution in [0, 0.1) is 0 Å². The Kier molecular flexibility index (Phi) is 6.16. The number of fused-ring (bicyclic) bond motifs is 1. The van der Waals surface area contributed by atoms with Crippen LogP contribution in [0.2, 0.25) is 0 Å². The third-order valence-electron chi connectivity index (χ3n) is 6.71. The van der Waals surface area contributed by atoms with Gasteiger partial charge in [0.25, 0.3) is 0 Å². The maximum Gasteiger partial charge on any atom is 0.230 e. The molecule has 8 heteroatoms. The number of rotatable bonds is 6. The van der Waals surface area contributed by atoms with Gasteiger partial charge in [0, 0.05) is 54.4 Å². The van der Waals surface area contributed by atoms with Gasteiger partial charge in [-0.05, 0) is 35.9 Å². The highest BCUT2D eigenvalue weighted by Crippen LogP contribution is 2.30. The molecule has 0 spiro atoms. The Morgan fingerprint density at radius 2 is 1.78 bits per heavy atom. The molecule has 0 radical (unpaired) electrons. The predicted molar refractivity (Wildman–Crippen MR) is 146 cm³/mol. The fraction of sp³-hybridized carbons (Fsp3) is 0.207. The second-order valence-corrected chi connectivity index (χ2v) is 9.19. The van der Waals surface area contributed by atoms with E-state index in [4.69, 9.17) is 4.74 Å². The Balaban J connectivity index is 1.15. The van der Waals surface area contributed by atoms with Crippen molar-refractivity contribution in [2.45, 2.75) is 6.42 Å². The van der Waals surface area contributed by atoms with Gasteiger partial charge in [0.2, 0.25) is 5.91 Å². The molecular formula is C29H28N6O2. The topological polar surface area (TPSA) is 88.1 Å². The molecule has 8 nitrogen and oxygen atoms in total. The maximum absolute atomic E-state index is 12.8. The Morgan fingerprint density at radius 1 is 1.00 bits per heavy atom. The number of aromatic amines is 1. The van der Waals surface area contributed by atoms with E-state index in [9.17, 15) is 4.79 Å². The highest BCUT2D eigenvalue weighted by Gasteiger charge is 2.17. The Morgan fingerprint density at radius 3 is 2.57 bits per heavy atom. The molecule has 4 heterocycles. The van der Waals surface area contributed by atoms with Crippen LogP contribution in [0.4, 0.5) is 11.5 Å². The lowest BCUT2D eigenvalue weighted by atomic mass is 10.1. The van der Waals surface area contributed by atoms with Crippen LogP contribution in [0.25, 0.3) is 33.4 Å². The normalized spacial score (nSPS) is 13.7. The summed E-state index contributed by atoms with van der Waals surface area (Å²) in [5.74, 6) is 0.903. The standard InChI is InChI=1S/C29H28N6O2/c1-34-23(17-27(33-34)20-5-3-2-4-6-20)18-28(36)31-22-9-7-21(8-10-22)26-19-24-25(32-26)11-12-30-29(24)35-13-15-37-16-14-35/h2-12,17,19,32H,13-16,18H2,1H3,(H,31,36). The van der Waals surface area contributed by atoms with Crippen LogP contribution >= 0.6 is 0 Å². The van der Waals surface area contributed by atoms with E-state index < -0.39 is 0 Å². The molecule has 1 fully saturated rings. The number of hydrogen-bond acceptors (Lipinski definition) is 5. The highest BCUT2D eigenvalue weighted by molar-refractivity contribution is 5.95. The molecule has 3 aromatic heterocycles. The minimum atomic E-state index is -0.0813. The van der Waals surface area contributed by atoms with Crippen LogP contribution in [-0.4, -0.2) is 52.0 Å². The molecule has 2 N–H and O–H groups in total. The first-order valence-electron chi connectivity index (χ1n) is 12.4. The number of nitrogens with zero attached hydrogens (tertiary/aromatic N) is 4. The number of carbonyl (C=O) groups is 1. The fourth-order valence-electron chi connectivity index (χ4n) is 4.75. The zero-order chi connectivity index (χ0) is 25.2. The minimum absolute atomic E-state index is 0.0813. The number of pyridine rings is 1. The van der Waals surface area contributed by atoms with Crippen molar-refractivity contribution < 1.29 is 9.53 Å². The van der Waals surface area contributed by atoms with Crippen molar-refractivity contribution in [3.8, 4) is 22.5 Å². The summed E-state index contributed by atoms with van der Waals surface area (Å²) in [6, 6.07) is 24.0. The number of benzene rings is 2. The molecule has 1 amide bonds. The van der Waals surface area contributed by atoms with Gasteiger partial charge in [0.1, 0.15) is 5.82 Å². The Bertz CT molecular complexity index is 1530. The minimum Gasteiger partial charge on any atom is -0.378 e. The summed E-state index contributed by atoms with van der Waals surface area (Å²) in [6.45, 7) is 3.12. The summed E-state index contributed by atoms with van der Waals surface area (Å²) in [7, 11) is 1.87. The van der Waals surface area contributed by atoms with Crippen LogP contribution in [0.5, 0.6) is 0 Å². The first kappa shape index (κ1) is 23.0. The van der Waals surface area contributed by atoms with Gasteiger partial charge in [0.15, 0.2) is 0 Å². The summed E-state index contributed by atoms with van der Waals surface area (Å²) < 4.78 is 7.26. The molecule has 1 aliphatic rings. The Labute approximate surface area is 214 Å². The van der Waals surface area contributed by atoms with Crippen LogP contribution in [-0.2, 0) is 23.0 Å². The van der Waals surface area contributed by atoms with Gasteiger partial charge < -0.3 is 19.9 Å². The van der Waals surface area contributed by atoms with E-state index in [0.29, 0.717) is 0 Å². The van der Waals surface area contributed by atoms with Crippen molar-refractivity contribution in [2.24, 2.45) is 7.05 Å². The largest absolute Gasteiger partial charge is 0.378 e. The monoisotopic (exact) mass is 492 g/mol. The SMILES string of the molecule is Cn1nc(-c2ccccc2)cc1CC(=O)Nc1ccc(-c2cc3c(N4CCOCC4)nccc3[nH]2)cc1. The smallest absolute Gasteiger partial charge is 0.230 e. The van der Waals surface area contributed by atoms with Gasteiger partial charge in [-0.15, -0.1) is 0 Å². The third-order valence-corrected chi connectivity index (χ3v) is 6.71. The van der Waals surface area contributed by atoms with E-state index in [-0.39, 0.29) is 12.3 Å². The van der Waals surface area contributed by atoms with E-state index in [1.807, 2.05) is 80.0 Å². The van der Waals surface area contributed by atoms with Gasteiger partial charge >= 0.3 is 0 Å². The molecule has 0 atom stereocenters. The molecule has 0 unspecified atom stereocenters. The number of morpholine rings is 1. The number of aryl methyl sites for hydroxylation is 1. The first-order chi connectivity index (χ1) is 18.1. The van der Waals surface area contributed by atoms with E-state index in [0.717, 1.165) is 76.9 Å². The molecule has 0 bridgehead atoms. The molecule has 1 saturated heterocycles. The number of carbonyl (C=O) groups excluding carboxylic acids is 1. The summed E-state index contributed by atoms with van der Waals surface area (Å²) in [5, 5.41) is 8.66. The van der Waals surface area contributed by atoms with E-state index in [2.05, 4.69) is 31.3 Å². The zero-order valence-electron chi connectivity index (χ0n) is 20.6. The first-order valence-corrected chi connectivity index (χ1v) is 12.4. The van der Waals surface area contributed by atoms with Crippen molar-refractivity contribution in [3.05, 3.63) is 84.7 Å². The summed E-state index contributed by atoms with van der Waals surface area (Å²) in [4.78, 5) is 23.2. The molecule has 1 aliphatic heterocycles. The number of amides is 1. The number of ether oxygens (including phenoxy) is 1. The van der Waals surface area contributed by atoms with Gasteiger partial charge in [-0.1, -0.05) is 42.5 Å². The molecular weight excluding hydrogens is 464 g/mol. The molecule has 0 saturated carbocycles. The fourth-order valence-corrected chi connectivity index (χ4v) is 4.75. The average Bonchev–Trinajstić information content (AvgIpc) is 3.53. The number of aromatic nitrogens is 4. The van der Waals surface area contributed by atoms with Gasteiger partial charge in [-0.3, -0.25) is 9.48 Å². The lowest BCUT2D eigenvalue weighted by Crippen LogP contribution is -2.36. The lowest BCUT2D eigenvalue weighted by molar-refractivity contribution is -0.115. The van der Waals surface area contributed by atoms with E-state index in [1.165, 1.54) is 0 Å². The average molecular weight is 493 g/mol. The van der Waals surface area contributed by atoms with Crippen LogP contribution in [0.3, 0.4) is 0 Å². The van der Waals surface area contributed by atoms with Crippen molar-refractivity contribution in [3.63, 3.8) is 0 Å². The van der Waals surface area contributed by atoms with Crippen molar-refractivity contribution >= 4 is 28.3 Å². The third kappa shape index (κ3) is 4.83. The van der Waals surface area contributed by atoms with Gasteiger partial charge in [-0.25, -0.2) is 4.98 Å². The van der Waals surface area contributed by atoms with Crippen molar-refractivity contribution in [1.82, 2.24) is 19.7 Å². The second-order valence-electron chi connectivity index (χ2n) is 9.19. The maximum atomic E-state index is 12.8. The summed E-state index contributed by atoms with van der Waals surface area (Å²) in [6.07, 6.45) is 2.09. The molecule has 186 valence electrons. The van der Waals surface area contributed by atoms with Crippen molar-refractivity contribution in [1.29, 1.82) is 0 Å². The van der Waals surface area contributed by atoms with E-state index in [1.54, 1.807) is 4.68 Å². The van der Waals surface area contributed by atoms with Crippen LogP contribution in [0.15, 0.2) is 79.0 Å². The highest BCUT2D eigenvalue weighted by atomic mass is 16.5. The van der Waals surface area contributed by atoms with Gasteiger partial charge in [0.05, 0.1) is 30.8 Å². The zero-order valence-corrected chi connectivity index (χ0v) is 20.6. The molecule has 6 rings (SSSR count). The lowest BCUT2D eigenvalue weighted by Gasteiger charge is -2.28. The molecule has 5 aromatic rings. The number of nitrogens with one attached hydrogen (secondary N) is 2. The van der Waals surface area contributed by atoms with Gasteiger partial charge in [-0.2, -0.15) is 5.10 Å². The van der Waals surface area contributed by atoms with Crippen LogP contribution < -0.4 is 10.2 Å². The quantitative estimate of drug-likeness (QED) is 0.360. The molecule has 0 aliphatic carbocycles. The number of H-pyrrole nitrogens is 1.